The van der Waals surface area contributed by atoms with Gasteiger partial charge >= 0.3 is 0 Å². The van der Waals surface area contributed by atoms with Gasteiger partial charge in [0, 0.05) is 38.6 Å². The van der Waals surface area contributed by atoms with Crippen LogP contribution in [0.25, 0.3) is 0 Å². The molecule has 1 aromatic carbocycles. The van der Waals surface area contributed by atoms with Crippen LogP contribution in [0.1, 0.15) is 13.8 Å². The van der Waals surface area contributed by atoms with Gasteiger partial charge in [0.2, 0.25) is 0 Å². The predicted molar refractivity (Wildman–Crippen MR) is 69.7 cm³/mol. The smallest absolute Gasteiger partial charge is 0.0362 e. The highest BCUT2D eigenvalue weighted by atomic mass is 15.1. The van der Waals surface area contributed by atoms with Crippen molar-refractivity contribution < 1.29 is 0 Å². The SMILES string of the molecule is CC.CN(C)c1ccc(NCCN)cc1. The Labute approximate surface area is 93.3 Å². The molecule has 3 heteroatoms. The van der Waals surface area contributed by atoms with Gasteiger partial charge in [-0.3, -0.25) is 0 Å². The Kier molecular flexibility index (Phi) is 7.46. The summed E-state index contributed by atoms with van der Waals surface area (Å²) in [4.78, 5) is 2.08. The summed E-state index contributed by atoms with van der Waals surface area (Å²) in [5.41, 5.74) is 7.71. The molecule has 0 spiro atoms. The van der Waals surface area contributed by atoms with E-state index in [4.69, 9.17) is 5.73 Å². The molecule has 3 nitrogen and oxygen atoms in total. The van der Waals surface area contributed by atoms with Crippen molar-refractivity contribution in [2.45, 2.75) is 13.8 Å². The molecule has 15 heavy (non-hydrogen) atoms. The molecule has 0 aliphatic heterocycles. The van der Waals surface area contributed by atoms with Crippen LogP contribution >= 0.6 is 0 Å². The van der Waals surface area contributed by atoms with E-state index in [0.29, 0.717) is 6.54 Å². The monoisotopic (exact) mass is 209 g/mol. The van der Waals surface area contributed by atoms with Gasteiger partial charge in [0.1, 0.15) is 0 Å². The van der Waals surface area contributed by atoms with Gasteiger partial charge in [-0.1, -0.05) is 13.8 Å². The van der Waals surface area contributed by atoms with Crippen LogP contribution in [0.2, 0.25) is 0 Å². The summed E-state index contributed by atoms with van der Waals surface area (Å²) in [7, 11) is 4.06. The van der Waals surface area contributed by atoms with Crippen LogP contribution in [0.15, 0.2) is 24.3 Å². The van der Waals surface area contributed by atoms with Crippen LogP contribution in [0, 0.1) is 0 Å². The Hall–Kier alpha value is -1.22. The fourth-order valence-electron chi connectivity index (χ4n) is 1.09. The minimum absolute atomic E-state index is 0.662. The molecule has 0 aliphatic rings. The maximum atomic E-state index is 5.38. The van der Waals surface area contributed by atoms with E-state index in [0.717, 1.165) is 12.2 Å². The van der Waals surface area contributed by atoms with Gasteiger partial charge in [-0.05, 0) is 24.3 Å². The van der Waals surface area contributed by atoms with Gasteiger partial charge in [0.05, 0.1) is 0 Å². The van der Waals surface area contributed by atoms with E-state index >= 15 is 0 Å². The molecule has 0 bridgehead atoms. The number of nitrogens with one attached hydrogen (secondary N) is 1. The van der Waals surface area contributed by atoms with Crippen LogP contribution in [0.4, 0.5) is 11.4 Å². The third kappa shape index (κ3) is 5.27. The van der Waals surface area contributed by atoms with E-state index in [9.17, 15) is 0 Å². The minimum atomic E-state index is 0.662. The summed E-state index contributed by atoms with van der Waals surface area (Å²) >= 11 is 0. The van der Waals surface area contributed by atoms with Gasteiger partial charge in [-0.15, -0.1) is 0 Å². The molecule has 0 amide bonds. The molecular weight excluding hydrogens is 186 g/mol. The van der Waals surface area contributed by atoms with E-state index in [1.54, 1.807) is 0 Å². The number of anilines is 2. The average molecular weight is 209 g/mol. The summed E-state index contributed by atoms with van der Waals surface area (Å²) in [5.74, 6) is 0. The zero-order chi connectivity index (χ0) is 11.7. The van der Waals surface area contributed by atoms with Crippen molar-refractivity contribution in [1.29, 1.82) is 0 Å². The van der Waals surface area contributed by atoms with Gasteiger partial charge in [-0.25, -0.2) is 0 Å². The number of nitrogens with zero attached hydrogens (tertiary/aromatic N) is 1. The van der Waals surface area contributed by atoms with E-state index < -0.39 is 0 Å². The van der Waals surface area contributed by atoms with E-state index in [1.807, 2.05) is 27.9 Å². The molecular formula is C12H23N3. The highest BCUT2D eigenvalue weighted by Crippen LogP contribution is 2.14. The second-order valence-electron chi connectivity index (χ2n) is 3.16. The number of hydrogen-bond acceptors (Lipinski definition) is 3. The number of rotatable bonds is 4. The lowest BCUT2D eigenvalue weighted by Gasteiger charge is -2.13. The van der Waals surface area contributed by atoms with Crippen LogP contribution in [0.3, 0.4) is 0 Å². The van der Waals surface area contributed by atoms with E-state index in [-0.39, 0.29) is 0 Å². The molecule has 86 valence electrons. The Morgan fingerprint density at radius 3 is 2.07 bits per heavy atom. The van der Waals surface area contributed by atoms with Crippen LogP contribution < -0.4 is 16.0 Å². The number of nitrogens with two attached hydrogens (primary N) is 1. The molecule has 0 unspecified atom stereocenters. The third-order valence-electron chi connectivity index (χ3n) is 1.86. The van der Waals surface area contributed by atoms with E-state index in [2.05, 4.69) is 34.5 Å². The predicted octanol–water partition coefficient (Wildman–Crippen LogP) is 2.15. The molecule has 0 aromatic heterocycles. The molecule has 3 N–H and O–H groups in total. The van der Waals surface area contributed by atoms with Gasteiger partial charge in [0.15, 0.2) is 0 Å². The largest absolute Gasteiger partial charge is 0.384 e. The summed E-state index contributed by atoms with van der Waals surface area (Å²) in [6, 6.07) is 8.29. The second kappa shape index (κ2) is 8.12. The molecule has 0 saturated carbocycles. The Bertz CT molecular complexity index is 242. The van der Waals surface area contributed by atoms with Crippen LogP contribution in [-0.2, 0) is 0 Å². The van der Waals surface area contributed by atoms with E-state index in [1.165, 1.54) is 5.69 Å². The molecule has 1 rings (SSSR count). The lowest BCUT2D eigenvalue weighted by molar-refractivity contribution is 1.02. The maximum Gasteiger partial charge on any atom is 0.0362 e. The first-order valence-electron chi connectivity index (χ1n) is 5.45. The zero-order valence-corrected chi connectivity index (χ0v) is 10.2. The third-order valence-corrected chi connectivity index (χ3v) is 1.86. The van der Waals surface area contributed by atoms with Crippen molar-refractivity contribution in [3.05, 3.63) is 24.3 Å². The molecule has 0 aliphatic carbocycles. The highest BCUT2D eigenvalue weighted by molar-refractivity contribution is 5.54. The first kappa shape index (κ1) is 13.8. The van der Waals surface area contributed by atoms with Gasteiger partial charge in [0.25, 0.3) is 0 Å². The van der Waals surface area contributed by atoms with Crippen molar-refractivity contribution in [3.63, 3.8) is 0 Å². The Morgan fingerprint density at radius 1 is 1.13 bits per heavy atom. The lowest BCUT2D eigenvalue weighted by Crippen LogP contribution is -2.13. The Balaban J connectivity index is 0.000000921. The first-order valence-corrected chi connectivity index (χ1v) is 5.45. The maximum absolute atomic E-state index is 5.38. The number of benzene rings is 1. The quantitative estimate of drug-likeness (QED) is 0.798. The average Bonchev–Trinajstić information content (AvgIpc) is 2.29. The van der Waals surface area contributed by atoms with Crippen molar-refractivity contribution in [3.8, 4) is 0 Å². The molecule has 0 fully saturated rings. The fourth-order valence-corrected chi connectivity index (χ4v) is 1.09. The molecule has 1 aromatic rings. The van der Waals surface area contributed by atoms with Gasteiger partial charge in [-0.2, -0.15) is 0 Å². The summed E-state index contributed by atoms with van der Waals surface area (Å²) in [6.07, 6.45) is 0. The topological polar surface area (TPSA) is 41.3 Å². The lowest BCUT2D eigenvalue weighted by atomic mass is 10.2. The highest BCUT2D eigenvalue weighted by Gasteiger charge is 1.94. The Morgan fingerprint density at radius 2 is 1.67 bits per heavy atom. The fraction of sp³-hybridized carbons (Fsp3) is 0.500. The summed E-state index contributed by atoms with van der Waals surface area (Å²) in [5, 5.41) is 3.22. The van der Waals surface area contributed by atoms with Crippen molar-refractivity contribution in [2.24, 2.45) is 5.73 Å². The minimum Gasteiger partial charge on any atom is -0.384 e. The molecule has 0 heterocycles. The first-order chi connectivity index (χ1) is 7.24. The van der Waals surface area contributed by atoms with Crippen molar-refractivity contribution >= 4 is 11.4 Å². The summed E-state index contributed by atoms with van der Waals surface area (Å²) < 4.78 is 0. The molecule has 0 saturated heterocycles. The van der Waals surface area contributed by atoms with Gasteiger partial charge < -0.3 is 16.0 Å². The van der Waals surface area contributed by atoms with Crippen molar-refractivity contribution in [2.75, 3.05) is 37.4 Å². The number of hydrogen-bond donors (Lipinski definition) is 2. The van der Waals surface area contributed by atoms with Crippen LogP contribution in [0.5, 0.6) is 0 Å². The molecule has 0 radical (unpaired) electrons. The second-order valence-corrected chi connectivity index (χ2v) is 3.16. The van der Waals surface area contributed by atoms with Crippen LogP contribution in [-0.4, -0.2) is 27.2 Å². The zero-order valence-electron chi connectivity index (χ0n) is 10.2. The van der Waals surface area contributed by atoms with Crippen molar-refractivity contribution in [1.82, 2.24) is 0 Å². The molecule has 0 atom stereocenters. The summed E-state index contributed by atoms with van der Waals surface area (Å²) in [6.45, 7) is 5.48. The standard InChI is InChI=1S/C10H17N3.C2H6/c1-13(2)10-5-3-9(4-6-10)12-8-7-11;1-2/h3-6,12H,7-8,11H2,1-2H3;1-2H3. The normalized spacial score (nSPS) is 8.87.